The maximum Gasteiger partial charge on any atom is 0.352 e. The van der Waals surface area contributed by atoms with E-state index in [0.29, 0.717) is 70.2 Å². The van der Waals surface area contributed by atoms with Crippen LogP contribution in [0.3, 0.4) is 0 Å². The molecule has 0 spiro atoms. The van der Waals surface area contributed by atoms with E-state index in [2.05, 4.69) is 25.8 Å². The summed E-state index contributed by atoms with van der Waals surface area (Å²) in [6.07, 6.45) is 6.69. The second-order valence-electron chi connectivity index (χ2n) is 16.6. The SMILES string of the molecule is Cc1cc(OCCCc2c(C(=O)O)n(CCN3CCOCC3)c3c(-c4cn(CCCCCCNc5cccc6c5C(=O)N(C5CCC(=O)NC5=O)C6=O)nn4)cccc23)cc(C)c1Cl. The number of hydrogen-bond acceptors (Lipinski definition) is 11. The highest BCUT2D eigenvalue weighted by molar-refractivity contribution is 6.32. The van der Waals surface area contributed by atoms with Crippen LogP contribution in [-0.4, -0.2) is 116 Å². The predicted octanol–water partition coefficient (Wildman–Crippen LogP) is 6.29. The number of nitrogens with one attached hydrogen (secondary N) is 2. The van der Waals surface area contributed by atoms with Crippen molar-refractivity contribution in [3.63, 3.8) is 0 Å². The number of benzene rings is 3. The highest BCUT2D eigenvalue weighted by atomic mass is 35.5. The molecule has 17 heteroatoms. The van der Waals surface area contributed by atoms with Crippen LogP contribution < -0.4 is 15.4 Å². The highest BCUT2D eigenvalue weighted by Gasteiger charge is 2.45. The van der Waals surface area contributed by atoms with Gasteiger partial charge in [0.1, 0.15) is 23.2 Å². The second kappa shape index (κ2) is 19.7. The topological polar surface area (TPSA) is 190 Å². The van der Waals surface area contributed by atoms with E-state index in [4.69, 9.17) is 21.1 Å². The molecule has 2 saturated heterocycles. The Bertz CT molecular complexity index is 2580. The number of aromatic carboxylic acids is 1. The molecular weight excluding hydrogens is 840 g/mol. The Morgan fingerprint density at radius 2 is 1.69 bits per heavy atom. The molecule has 336 valence electrons. The Labute approximate surface area is 375 Å². The van der Waals surface area contributed by atoms with Gasteiger partial charge in [-0.05, 0) is 86.9 Å². The number of aryl methyl sites for hydroxylation is 4. The Balaban J connectivity index is 0.902. The van der Waals surface area contributed by atoms with E-state index < -0.39 is 35.6 Å². The normalized spacial score (nSPS) is 16.7. The summed E-state index contributed by atoms with van der Waals surface area (Å²) in [5.74, 6) is -2.36. The number of nitrogens with zero attached hydrogens (tertiary/aromatic N) is 6. The van der Waals surface area contributed by atoms with E-state index in [9.17, 15) is 29.1 Å². The summed E-state index contributed by atoms with van der Waals surface area (Å²) < 4.78 is 15.5. The maximum absolute atomic E-state index is 13.4. The number of fused-ring (bicyclic) bond motifs is 2. The maximum atomic E-state index is 13.4. The van der Waals surface area contributed by atoms with Crippen molar-refractivity contribution in [2.24, 2.45) is 0 Å². The van der Waals surface area contributed by atoms with Gasteiger partial charge in [0.15, 0.2) is 0 Å². The number of anilines is 1. The van der Waals surface area contributed by atoms with E-state index in [-0.39, 0.29) is 29.7 Å². The van der Waals surface area contributed by atoms with Crippen LogP contribution in [0.15, 0.2) is 54.7 Å². The molecule has 8 rings (SSSR count). The van der Waals surface area contributed by atoms with Gasteiger partial charge in [-0.3, -0.25) is 39.0 Å². The number of para-hydroxylation sites is 1. The molecule has 0 bridgehead atoms. The molecule has 5 aromatic rings. The number of unbranched alkanes of at least 4 members (excludes halogenated alkanes) is 3. The number of ether oxygens (including phenoxy) is 2. The molecule has 3 aromatic carbocycles. The van der Waals surface area contributed by atoms with Gasteiger partial charge in [-0.2, -0.15) is 0 Å². The lowest BCUT2D eigenvalue weighted by atomic mass is 10.0. The number of carboxylic acid groups (broad SMARTS) is 1. The number of carbonyl (C=O) groups is 5. The Hall–Kier alpha value is -6.10. The molecule has 2 aromatic heterocycles. The van der Waals surface area contributed by atoms with Crippen molar-refractivity contribution < 1.29 is 38.6 Å². The van der Waals surface area contributed by atoms with Gasteiger partial charge >= 0.3 is 5.97 Å². The van der Waals surface area contributed by atoms with Crippen LogP contribution in [-0.2, 0) is 33.8 Å². The molecule has 0 saturated carbocycles. The number of hydrogen-bond donors (Lipinski definition) is 3. The molecule has 64 heavy (non-hydrogen) atoms. The van der Waals surface area contributed by atoms with Gasteiger partial charge in [0.05, 0.1) is 42.7 Å². The third-order valence-electron chi connectivity index (χ3n) is 12.3. The van der Waals surface area contributed by atoms with Gasteiger partial charge in [-0.25, -0.2) is 4.79 Å². The fraction of sp³-hybridized carbons (Fsp3) is 0.426. The summed E-state index contributed by atoms with van der Waals surface area (Å²) in [4.78, 5) is 67.2. The molecule has 2 fully saturated rings. The summed E-state index contributed by atoms with van der Waals surface area (Å²) in [5, 5.41) is 26.9. The zero-order chi connectivity index (χ0) is 44.9. The first-order chi connectivity index (χ1) is 31.0. The van der Waals surface area contributed by atoms with Crippen LogP contribution in [0.25, 0.3) is 22.2 Å². The number of rotatable bonds is 19. The lowest BCUT2D eigenvalue weighted by Gasteiger charge is -2.27. The smallest absolute Gasteiger partial charge is 0.352 e. The van der Waals surface area contributed by atoms with Crippen molar-refractivity contribution >= 4 is 57.8 Å². The first kappa shape index (κ1) is 44.5. The number of carboxylic acids is 1. The predicted molar refractivity (Wildman–Crippen MR) is 240 cm³/mol. The average Bonchev–Trinajstić information content (AvgIpc) is 3.96. The van der Waals surface area contributed by atoms with Crippen LogP contribution in [0, 0.1) is 13.8 Å². The lowest BCUT2D eigenvalue weighted by molar-refractivity contribution is -0.136. The standard InChI is InChI=1S/C47H53ClN8O8/c1-29-26-31(27-30(2)41(29)48)64-23-9-13-33-32-10-7-11-34(42(32)55(43(33)47(61)62)20-19-53-21-24-63-25-22-53)37-28-54(52-51-37)18-6-4-3-5-17-49-36-14-8-12-35-40(36)46(60)56(45(35)59)38-15-16-39(57)50-44(38)58/h7-8,10-12,14,26-28,38,49H,3-6,9,13,15-25H2,1-2H3,(H,61,62)(H,50,57,58). The number of morpholine rings is 1. The number of halogens is 1. The lowest BCUT2D eigenvalue weighted by Crippen LogP contribution is -2.54. The summed E-state index contributed by atoms with van der Waals surface area (Å²) in [6, 6.07) is 13.8. The average molecular weight is 893 g/mol. The van der Waals surface area contributed by atoms with Crippen LogP contribution in [0.5, 0.6) is 5.75 Å². The summed E-state index contributed by atoms with van der Waals surface area (Å²) in [5.41, 5.74) is 6.28. The quantitative estimate of drug-likeness (QED) is 0.0622. The van der Waals surface area contributed by atoms with Crippen molar-refractivity contribution in [2.75, 3.05) is 51.3 Å². The van der Waals surface area contributed by atoms with Crippen molar-refractivity contribution in [1.82, 2.24) is 34.7 Å². The van der Waals surface area contributed by atoms with Crippen LogP contribution in [0.4, 0.5) is 5.69 Å². The van der Waals surface area contributed by atoms with Crippen molar-refractivity contribution in [2.45, 2.75) is 84.3 Å². The zero-order valence-corrected chi connectivity index (χ0v) is 36.9. The van der Waals surface area contributed by atoms with Crippen molar-refractivity contribution in [3.8, 4) is 17.0 Å². The third kappa shape index (κ3) is 9.40. The van der Waals surface area contributed by atoms with E-state index in [0.717, 1.165) is 87.6 Å². The molecule has 3 aliphatic rings. The minimum absolute atomic E-state index is 0.0643. The minimum Gasteiger partial charge on any atom is -0.494 e. The molecule has 3 aliphatic heterocycles. The monoisotopic (exact) mass is 892 g/mol. The van der Waals surface area contributed by atoms with E-state index in [1.165, 1.54) is 0 Å². The fourth-order valence-corrected chi connectivity index (χ4v) is 9.18. The number of carbonyl (C=O) groups excluding carboxylic acids is 4. The first-order valence-corrected chi connectivity index (χ1v) is 22.4. The fourth-order valence-electron chi connectivity index (χ4n) is 9.07. The molecule has 1 unspecified atom stereocenters. The summed E-state index contributed by atoms with van der Waals surface area (Å²) >= 11 is 6.37. The van der Waals surface area contributed by atoms with Crippen molar-refractivity contribution in [1.29, 1.82) is 0 Å². The number of aromatic nitrogens is 4. The largest absolute Gasteiger partial charge is 0.494 e. The molecular formula is C47H53ClN8O8. The van der Waals surface area contributed by atoms with Crippen LogP contribution in [0.1, 0.15) is 92.8 Å². The molecule has 4 amide bonds. The van der Waals surface area contributed by atoms with E-state index >= 15 is 0 Å². The minimum atomic E-state index is -1.01. The first-order valence-electron chi connectivity index (χ1n) is 22.1. The van der Waals surface area contributed by atoms with Gasteiger partial charge in [0.25, 0.3) is 11.8 Å². The molecule has 1 atom stereocenters. The zero-order valence-electron chi connectivity index (χ0n) is 36.2. The summed E-state index contributed by atoms with van der Waals surface area (Å²) in [7, 11) is 0. The van der Waals surface area contributed by atoms with Crippen LogP contribution >= 0.6 is 11.6 Å². The van der Waals surface area contributed by atoms with Gasteiger partial charge in [0.2, 0.25) is 11.8 Å². The molecule has 0 aliphatic carbocycles. The third-order valence-corrected chi connectivity index (χ3v) is 12.9. The van der Waals surface area contributed by atoms with Gasteiger partial charge in [0, 0.05) is 67.3 Å². The Kier molecular flexibility index (Phi) is 13.7. The van der Waals surface area contributed by atoms with E-state index in [1.807, 2.05) is 59.6 Å². The Morgan fingerprint density at radius 3 is 2.45 bits per heavy atom. The molecule has 16 nitrogen and oxygen atoms in total. The summed E-state index contributed by atoms with van der Waals surface area (Å²) in [6.45, 7) is 9.57. The van der Waals surface area contributed by atoms with E-state index in [1.54, 1.807) is 18.2 Å². The van der Waals surface area contributed by atoms with Crippen molar-refractivity contribution in [3.05, 3.63) is 93.3 Å². The number of amides is 4. The van der Waals surface area contributed by atoms with Gasteiger partial charge in [-0.15, -0.1) is 5.10 Å². The molecule has 3 N–H and O–H groups in total. The second-order valence-corrected chi connectivity index (χ2v) is 17.0. The molecule has 5 heterocycles. The molecule has 0 radical (unpaired) electrons. The number of piperidine rings is 1. The number of imide groups is 2. The Morgan fingerprint density at radius 1 is 0.938 bits per heavy atom. The van der Waals surface area contributed by atoms with Gasteiger partial charge in [-0.1, -0.05) is 53.9 Å². The highest BCUT2D eigenvalue weighted by Crippen LogP contribution is 2.36. The van der Waals surface area contributed by atoms with Gasteiger partial charge < -0.3 is 24.5 Å². The van der Waals surface area contributed by atoms with Crippen LogP contribution in [0.2, 0.25) is 5.02 Å².